The molecule has 0 aromatic heterocycles. The van der Waals surface area contributed by atoms with Gasteiger partial charge in [0.05, 0.1) is 6.21 Å². The van der Waals surface area contributed by atoms with Gasteiger partial charge in [0.25, 0.3) is 5.91 Å². The van der Waals surface area contributed by atoms with Crippen molar-refractivity contribution < 1.29 is 13.9 Å². The lowest BCUT2D eigenvalue weighted by Gasteiger charge is -2.07. The largest absolute Gasteiger partial charge is 0.484 e. The van der Waals surface area contributed by atoms with Crippen molar-refractivity contribution in [2.75, 3.05) is 6.61 Å². The van der Waals surface area contributed by atoms with Crippen molar-refractivity contribution in [3.8, 4) is 5.75 Å². The Bertz CT molecular complexity index is 719. The van der Waals surface area contributed by atoms with Crippen LogP contribution < -0.4 is 10.2 Å². The summed E-state index contributed by atoms with van der Waals surface area (Å²) in [5.41, 5.74) is 6.74. The first kappa shape index (κ1) is 16.7. The maximum Gasteiger partial charge on any atom is 0.277 e. The molecule has 0 bridgehead atoms. The molecule has 2 aromatic rings. The highest BCUT2D eigenvalue weighted by Gasteiger charge is 2.04. The molecule has 0 heterocycles. The summed E-state index contributed by atoms with van der Waals surface area (Å²) < 4.78 is 18.2. The Labute approximate surface area is 135 Å². The van der Waals surface area contributed by atoms with Gasteiger partial charge in [-0.15, -0.1) is 0 Å². The van der Waals surface area contributed by atoms with Crippen LogP contribution in [0.25, 0.3) is 0 Å². The van der Waals surface area contributed by atoms with Gasteiger partial charge in [-0.05, 0) is 44.0 Å². The van der Waals surface area contributed by atoms with Crippen LogP contribution in [0.4, 0.5) is 4.39 Å². The van der Waals surface area contributed by atoms with E-state index in [1.165, 1.54) is 23.8 Å². The fourth-order valence-corrected chi connectivity index (χ4v) is 2.30. The zero-order chi connectivity index (χ0) is 16.8. The van der Waals surface area contributed by atoms with Gasteiger partial charge in [-0.25, -0.2) is 9.82 Å². The zero-order valence-corrected chi connectivity index (χ0v) is 13.4. The molecular formula is C18H19FN2O2. The van der Waals surface area contributed by atoms with Crippen LogP contribution in [0.2, 0.25) is 0 Å². The molecule has 2 rings (SSSR count). The number of nitrogens with zero attached hydrogens (tertiary/aromatic N) is 1. The number of carbonyl (C=O) groups is 1. The van der Waals surface area contributed by atoms with Crippen LogP contribution in [0, 0.1) is 26.6 Å². The average Bonchev–Trinajstić information content (AvgIpc) is 2.48. The molecule has 0 fully saturated rings. The number of carbonyl (C=O) groups excluding carboxylic acids is 1. The summed E-state index contributed by atoms with van der Waals surface area (Å²) in [6, 6.07) is 9.74. The zero-order valence-electron chi connectivity index (χ0n) is 13.4. The summed E-state index contributed by atoms with van der Waals surface area (Å²) in [4.78, 5) is 11.7. The fraction of sp³-hybridized carbons (Fsp3) is 0.222. The maximum atomic E-state index is 13.0. The van der Waals surface area contributed by atoms with Gasteiger partial charge in [0.15, 0.2) is 6.61 Å². The number of nitrogens with one attached hydrogen (secondary N) is 1. The van der Waals surface area contributed by atoms with E-state index in [0.717, 1.165) is 16.7 Å². The smallest absolute Gasteiger partial charge is 0.277 e. The van der Waals surface area contributed by atoms with Gasteiger partial charge >= 0.3 is 0 Å². The molecule has 2 aromatic carbocycles. The van der Waals surface area contributed by atoms with Crippen LogP contribution in [-0.4, -0.2) is 18.7 Å². The highest BCUT2D eigenvalue weighted by Crippen LogP contribution is 2.14. The Morgan fingerprint density at radius 1 is 1.22 bits per heavy atom. The normalized spacial score (nSPS) is 10.8. The van der Waals surface area contributed by atoms with Crippen LogP contribution in [0.5, 0.6) is 5.75 Å². The van der Waals surface area contributed by atoms with E-state index in [-0.39, 0.29) is 6.61 Å². The average molecular weight is 314 g/mol. The van der Waals surface area contributed by atoms with Crippen molar-refractivity contribution in [3.63, 3.8) is 0 Å². The Morgan fingerprint density at radius 3 is 2.57 bits per heavy atom. The van der Waals surface area contributed by atoms with Crippen LogP contribution in [0.3, 0.4) is 0 Å². The minimum absolute atomic E-state index is 0.230. The van der Waals surface area contributed by atoms with Crippen molar-refractivity contribution in [3.05, 3.63) is 64.5 Å². The van der Waals surface area contributed by atoms with Gasteiger partial charge in [0, 0.05) is 11.6 Å². The third-order valence-electron chi connectivity index (χ3n) is 3.29. The molecule has 0 saturated heterocycles. The molecular weight excluding hydrogens is 295 g/mol. The van der Waals surface area contributed by atoms with Crippen molar-refractivity contribution in [1.29, 1.82) is 0 Å². The molecule has 120 valence electrons. The molecule has 0 unspecified atom stereocenters. The molecule has 0 aliphatic carbocycles. The van der Waals surface area contributed by atoms with Gasteiger partial charge in [0.2, 0.25) is 0 Å². The van der Waals surface area contributed by atoms with Crippen LogP contribution in [0.1, 0.15) is 22.3 Å². The van der Waals surface area contributed by atoms with Gasteiger partial charge in [0.1, 0.15) is 11.6 Å². The second-order valence-corrected chi connectivity index (χ2v) is 5.35. The van der Waals surface area contributed by atoms with E-state index in [9.17, 15) is 9.18 Å². The number of hydrogen-bond donors (Lipinski definition) is 1. The Balaban J connectivity index is 1.89. The monoisotopic (exact) mass is 314 g/mol. The molecule has 5 heteroatoms. The second kappa shape index (κ2) is 7.54. The summed E-state index contributed by atoms with van der Waals surface area (Å²) >= 11 is 0. The molecule has 4 nitrogen and oxygen atoms in total. The Hall–Kier alpha value is -2.69. The molecule has 0 atom stereocenters. The Morgan fingerprint density at radius 2 is 1.91 bits per heavy atom. The van der Waals surface area contributed by atoms with E-state index in [2.05, 4.69) is 22.7 Å². The summed E-state index contributed by atoms with van der Waals surface area (Å²) in [5.74, 6) is -0.520. The van der Waals surface area contributed by atoms with E-state index >= 15 is 0 Å². The van der Waals surface area contributed by atoms with E-state index in [1.807, 2.05) is 20.8 Å². The molecule has 1 N–H and O–H groups in total. The highest BCUT2D eigenvalue weighted by atomic mass is 19.1. The van der Waals surface area contributed by atoms with E-state index in [4.69, 9.17) is 4.74 Å². The van der Waals surface area contributed by atoms with Gasteiger partial charge in [-0.1, -0.05) is 23.8 Å². The standard InChI is InChI=1S/C18H19FN2O2/c1-12-7-13(2)17(14(3)8-12)10-20-21-18(22)11-23-16-6-4-5-15(19)9-16/h4-10H,11H2,1-3H3,(H,21,22)/b20-10-. The summed E-state index contributed by atoms with van der Waals surface area (Å²) in [6.07, 6.45) is 1.62. The van der Waals surface area contributed by atoms with Crippen LogP contribution in [0.15, 0.2) is 41.5 Å². The van der Waals surface area contributed by atoms with Crippen LogP contribution >= 0.6 is 0 Å². The third kappa shape index (κ3) is 4.92. The number of benzene rings is 2. The Kier molecular flexibility index (Phi) is 5.46. The SMILES string of the molecule is Cc1cc(C)c(/C=N\NC(=O)COc2cccc(F)c2)c(C)c1. The van der Waals surface area contributed by atoms with Crippen molar-refractivity contribution in [2.45, 2.75) is 20.8 Å². The van der Waals surface area contributed by atoms with Crippen LogP contribution in [-0.2, 0) is 4.79 Å². The minimum atomic E-state index is -0.411. The first-order valence-corrected chi connectivity index (χ1v) is 7.24. The number of hydrogen-bond acceptors (Lipinski definition) is 3. The van der Waals surface area contributed by atoms with Crippen molar-refractivity contribution in [2.24, 2.45) is 5.10 Å². The number of ether oxygens (including phenoxy) is 1. The molecule has 0 aliphatic rings. The second-order valence-electron chi connectivity index (χ2n) is 5.35. The van der Waals surface area contributed by atoms with E-state index < -0.39 is 11.7 Å². The summed E-state index contributed by atoms with van der Waals surface area (Å²) in [7, 11) is 0. The highest BCUT2D eigenvalue weighted by molar-refractivity contribution is 5.85. The van der Waals surface area contributed by atoms with Crippen molar-refractivity contribution >= 4 is 12.1 Å². The quantitative estimate of drug-likeness (QED) is 0.680. The molecule has 0 spiro atoms. The van der Waals surface area contributed by atoms with Crippen molar-refractivity contribution in [1.82, 2.24) is 5.43 Å². The fourth-order valence-electron chi connectivity index (χ4n) is 2.30. The van der Waals surface area contributed by atoms with E-state index in [0.29, 0.717) is 5.75 Å². The lowest BCUT2D eigenvalue weighted by Crippen LogP contribution is -2.24. The van der Waals surface area contributed by atoms with Gasteiger partial charge < -0.3 is 4.74 Å². The summed E-state index contributed by atoms with van der Waals surface area (Å²) in [6.45, 7) is 5.80. The van der Waals surface area contributed by atoms with Gasteiger partial charge in [-0.3, -0.25) is 4.79 Å². The lowest BCUT2D eigenvalue weighted by molar-refractivity contribution is -0.123. The predicted octanol–water partition coefficient (Wildman–Crippen LogP) is 3.28. The predicted molar refractivity (Wildman–Crippen MR) is 88.3 cm³/mol. The minimum Gasteiger partial charge on any atom is -0.484 e. The first-order valence-electron chi connectivity index (χ1n) is 7.24. The molecule has 0 radical (unpaired) electrons. The lowest BCUT2D eigenvalue weighted by atomic mass is 10.0. The molecule has 0 saturated carbocycles. The number of amides is 1. The number of halogens is 1. The molecule has 1 amide bonds. The number of rotatable bonds is 5. The number of aryl methyl sites for hydroxylation is 3. The topological polar surface area (TPSA) is 50.7 Å². The molecule has 23 heavy (non-hydrogen) atoms. The molecule has 0 aliphatic heterocycles. The maximum absolute atomic E-state index is 13.0. The van der Waals surface area contributed by atoms with E-state index in [1.54, 1.807) is 12.3 Å². The summed E-state index contributed by atoms with van der Waals surface area (Å²) in [5, 5.41) is 3.94. The van der Waals surface area contributed by atoms with Gasteiger partial charge in [-0.2, -0.15) is 5.10 Å². The number of hydrazone groups is 1. The first-order chi connectivity index (χ1) is 11.0. The third-order valence-corrected chi connectivity index (χ3v) is 3.29.